The van der Waals surface area contributed by atoms with Gasteiger partial charge in [0.2, 0.25) is 0 Å². The van der Waals surface area contributed by atoms with E-state index in [4.69, 9.17) is 5.84 Å². The Morgan fingerprint density at radius 3 is 3.17 bits per heavy atom. The van der Waals surface area contributed by atoms with Gasteiger partial charge in [-0.2, -0.15) is 0 Å². The Labute approximate surface area is 113 Å². The highest BCUT2D eigenvalue weighted by Gasteiger charge is 2.36. The maximum atomic E-state index is 11.7. The fourth-order valence-electron chi connectivity index (χ4n) is 2.55. The van der Waals surface area contributed by atoms with Gasteiger partial charge >= 0.3 is 0 Å². The molecule has 3 N–H and O–H groups in total. The van der Waals surface area contributed by atoms with Crippen LogP contribution < -0.4 is 11.3 Å². The molecule has 3 rings (SSSR count). The number of fused-ring (bicyclic) bond motifs is 2. The summed E-state index contributed by atoms with van der Waals surface area (Å²) in [5.41, 5.74) is 4.36. The Morgan fingerprint density at radius 1 is 1.56 bits per heavy atom. The van der Waals surface area contributed by atoms with E-state index < -0.39 is 0 Å². The van der Waals surface area contributed by atoms with Crippen LogP contribution in [0.3, 0.4) is 0 Å². The van der Waals surface area contributed by atoms with Gasteiger partial charge in [-0.05, 0) is 30.2 Å². The molecule has 0 unspecified atom stereocenters. The van der Waals surface area contributed by atoms with Crippen molar-refractivity contribution in [3.63, 3.8) is 0 Å². The zero-order valence-electron chi connectivity index (χ0n) is 9.69. The molecule has 1 amide bonds. The molecule has 5 nitrogen and oxygen atoms in total. The molecule has 1 aromatic rings. The van der Waals surface area contributed by atoms with Crippen LogP contribution in [0.1, 0.15) is 18.4 Å². The first kappa shape index (κ1) is 11.7. The number of hydrogen-bond acceptors (Lipinski definition) is 4. The number of amidine groups is 1. The van der Waals surface area contributed by atoms with Crippen molar-refractivity contribution < 1.29 is 4.79 Å². The fraction of sp³-hybridized carbons (Fsp3) is 0.333. The van der Waals surface area contributed by atoms with Gasteiger partial charge in [0.05, 0.1) is 5.69 Å². The largest absolute Gasteiger partial charge is 0.344 e. The molecule has 1 saturated heterocycles. The number of benzene rings is 1. The topological polar surface area (TPSA) is 70.7 Å². The van der Waals surface area contributed by atoms with Crippen molar-refractivity contribution in [2.24, 2.45) is 10.8 Å². The van der Waals surface area contributed by atoms with Crippen molar-refractivity contribution in [3.8, 4) is 0 Å². The third-order valence-corrected chi connectivity index (χ3v) is 3.92. The minimum Gasteiger partial charge on any atom is -0.344 e. The lowest BCUT2D eigenvalue weighted by atomic mass is 10.1. The van der Waals surface area contributed by atoms with Gasteiger partial charge in [0.25, 0.3) is 5.91 Å². The highest BCUT2D eigenvalue weighted by Crippen LogP contribution is 2.34. The Balaban J connectivity index is 1.95. The van der Waals surface area contributed by atoms with Crippen LogP contribution in [0.2, 0.25) is 0 Å². The second-order valence-corrected chi connectivity index (χ2v) is 5.41. The third kappa shape index (κ3) is 1.81. The first-order chi connectivity index (χ1) is 8.69. The normalized spacial score (nSPS) is 21.1. The van der Waals surface area contributed by atoms with E-state index in [1.54, 1.807) is 0 Å². The average Bonchev–Trinajstić information content (AvgIpc) is 2.78. The number of rotatable bonds is 1. The molecule has 18 heavy (non-hydrogen) atoms. The fourth-order valence-corrected chi connectivity index (χ4v) is 2.96. The van der Waals surface area contributed by atoms with Crippen LogP contribution in [0.15, 0.2) is 27.7 Å². The summed E-state index contributed by atoms with van der Waals surface area (Å²) in [7, 11) is 0. The van der Waals surface area contributed by atoms with Crippen molar-refractivity contribution in [2.75, 3.05) is 0 Å². The Kier molecular flexibility index (Phi) is 2.83. The molecule has 0 aromatic heterocycles. The number of hydrogen-bond donors (Lipinski definition) is 2. The summed E-state index contributed by atoms with van der Waals surface area (Å²) in [6.45, 7) is 0.714. The number of hydrazine groups is 1. The van der Waals surface area contributed by atoms with Crippen LogP contribution >= 0.6 is 15.9 Å². The van der Waals surface area contributed by atoms with Crippen molar-refractivity contribution in [1.29, 1.82) is 0 Å². The molecular weight excluding hydrogens is 296 g/mol. The SMILES string of the molecule is NNC(=O)[C@@H]1CCC2=Nc3ccc(Br)cc3CN21. The number of aliphatic imine (C=N–C) groups is 1. The molecular formula is C12H13BrN4O. The van der Waals surface area contributed by atoms with Crippen LogP contribution in [0.5, 0.6) is 0 Å². The number of carbonyl (C=O) groups excluding carboxylic acids is 1. The van der Waals surface area contributed by atoms with E-state index in [0.717, 1.165) is 34.4 Å². The maximum Gasteiger partial charge on any atom is 0.256 e. The van der Waals surface area contributed by atoms with Gasteiger partial charge in [-0.25, -0.2) is 10.8 Å². The number of carbonyl (C=O) groups is 1. The molecule has 0 aliphatic carbocycles. The van der Waals surface area contributed by atoms with Crippen LogP contribution in [0, 0.1) is 0 Å². The van der Waals surface area contributed by atoms with Crippen molar-refractivity contribution in [3.05, 3.63) is 28.2 Å². The summed E-state index contributed by atoms with van der Waals surface area (Å²) < 4.78 is 1.03. The van der Waals surface area contributed by atoms with Gasteiger partial charge < -0.3 is 4.90 Å². The first-order valence-electron chi connectivity index (χ1n) is 5.82. The van der Waals surface area contributed by atoms with Gasteiger partial charge in [0.15, 0.2) is 0 Å². The minimum absolute atomic E-state index is 0.140. The second-order valence-electron chi connectivity index (χ2n) is 4.49. The highest BCUT2D eigenvalue weighted by atomic mass is 79.9. The van der Waals surface area contributed by atoms with Crippen LogP contribution in [-0.2, 0) is 11.3 Å². The molecule has 6 heteroatoms. The lowest BCUT2D eigenvalue weighted by Gasteiger charge is -2.29. The van der Waals surface area contributed by atoms with Crippen LogP contribution in [0.25, 0.3) is 0 Å². The summed E-state index contributed by atoms with van der Waals surface area (Å²) in [6, 6.07) is 5.84. The standard InChI is InChI=1S/C12H13BrN4O/c13-8-1-2-9-7(5-8)6-17-10(12(18)16-14)3-4-11(17)15-9/h1-2,5,10H,3-4,6,14H2,(H,16,18)/t10-/m0/s1. The van der Waals surface area contributed by atoms with E-state index >= 15 is 0 Å². The van der Waals surface area contributed by atoms with Crippen molar-refractivity contribution in [2.45, 2.75) is 25.4 Å². The van der Waals surface area contributed by atoms with Gasteiger partial charge in [-0.3, -0.25) is 10.2 Å². The Hall–Kier alpha value is -1.40. The van der Waals surface area contributed by atoms with Gasteiger partial charge in [0, 0.05) is 17.4 Å². The summed E-state index contributed by atoms with van der Waals surface area (Å²) in [5, 5.41) is 0. The van der Waals surface area contributed by atoms with E-state index in [0.29, 0.717) is 6.54 Å². The van der Waals surface area contributed by atoms with Crippen LogP contribution in [-0.4, -0.2) is 22.7 Å². The molecule has 2 aliphatic heterocycles. The third-order valence-electron chi connectivity index (χ3n) is 3.43. The minimum atomic E-state index is -0.194. The lowest BCUT2D eigenvalue weighted by molar-refractivity contribution is -0.125. The lowest BCUT2D eigenvalue weighted by Crippen LogP contribution is -2.47. The van der Waals surface area contributed by atoms with E-state index in [9.17, 15) is 4.79 Å². The number of amides is 1. The quantitative estimate of drug-likeness (QED) is 0.468. The predicted octanol–water partition coefficient (Wildman–Crippen LogP) is 1.45. The first-order valence-corrected chi connectivity index (χ1v) is 6.61. The smallest absolute Gasteiger partial charge is 0.256 e. The van der Waals surface area contributed by atoms with Gasteiger partial charge in [0.1, 0.15) is 11.9 Å². The van der Waals surface area contributed by atoms with E-state index in [1.165, 1.54) is 0 Å². The summed E-state index contributed by atoms with van der Waals surface area (Å²) in [6.07, 6.45) is 1.60. The van der Waals surface area contributed by atoms with Gasteiger partial charge in [-0.1, -0.05) is 15.9 Å². The summed E-state index contributed by atoms with van der Waals surface area (Å²) in [5.74, 6) is 6.06. The summed E-state index contributed by atoms with van der Waals surface area (Å²) >= 11 is 3.45. The molecule has 0 spiro atoms. The predicted molar refractivity (Wildman–Crippen MR) is 72.1 cm³/mol. The molecule has 1 atom stereocenters. The molecule has 0 saturated carbocycles. The van der Waals surface area contributed by atoms with E-state index in [1.807, 2.05) is 23.1 Å². The van der Waals surface area contributed by atoms with E-state index in [2.05, 4.69) is 26.3 Å². The second kappa shape index (κ2) is 4.37. The number of nitrogens with one attached hydrogen (secondary N) is 1. The molecule has 1 fully saturated rings. The highest BCUT2D eigenvalue weighted by molar-refractivity contribution is 9.10. The van der Waals surface area contributed by atoms with Crippen LogP contribution in [0.4, 0.5) is 5.69 Å². The summed E-state index contributed by atoms with van der Waals surface area (Å²) in [4.78, 5) is 18.4. The number of nitrogens with zero attached hydrogens (tertiary/aromatic N) is 2. The average molecular weight is 309 g/mol. The van der Waals surface area contributed by atoms with Crippen molar-refractivity contribution in [1.82, 2.24) is 10.3 Å². The zero-order chi connectivity index (χ0) is 12.7. The van der Waals surface area contributed by atoms with E-state index in [-0.39, 0.29) is 11.9 Å². The monoisotopic (exact) mass is 308 g/mol. The molecule has 2 heterocycles. The molecule has 94 valence electrons. The molecule has 2 aliphatic rings. The Bertz CT molecular complexity index is 543. The number of nitrogens with two attached hydrogens (primary N) is 1. The van der Waals surface area contributed by atoms with Crippen molar-refractivity contribution >= 4 is 33.4 Å². The molecule has 0 radical (unpaired) electrons. The zero-order valence-corrected chi connectivity index (χ0v) is 11.3. The number of halogens is 1. The molecule has 0 bridgehead atoms. The Morgan fingerprint density at radius 2 is 2.39 bits per heavy atom. The molecule has 1 aromatic carbocycles. The van der Waals surface area contributed by atoms with Gasteiger partial charge in [-0.15, -0.1) is 0 Å². The maximum absolute atomic E-state index is 11.7.